The highest BCUT2D eigenvalue weighted by Gasteiger charge is 2.23. The number of halogens is 1. The van der Waals surface area contributed by atoms with E-state index in [1.54, 1.807) is 23.7 Å². The van der Waals surface area contributed by atoms with E-state index in [0.29, 0.717) is 28.0 Å². The Bertz CT molecular complexity index is 1530. The van der Waals surface area contributed by atoms with Gasteiger partial charge in [-0.05, 0) is 55.3 Å². The van der Waals surface area contributed by atoms with E-state index in [9.17, 15) is 9.18 Å². The zero-order valence-electron chi connectivity index (χ0n) is 17.5. The molecule has 2 heterocycles. The number of benzene rings is 3. The van der Waals surface area contributed by atoms with Gasteiger partial charge in [0, 0.05) is 18.1 Å². The van der Waals surface area contributed by atoms with Gasteiger partial charge in [0.15, 0.2) is 5.58 Å². The summed E-state index contributed by atoms with van der Waals surface area (Å²) in [5.74, 6) is 0.0444. The zero-order valence-corrected chi connectivity index (χ0v) is 17.5. The van der Waals surface area contributed by atoms with E-state index in [1.807, 2.05) is 50.2 Å². The standard InChI is InChI=1S/C26H21FN2O2/c1-15-11-12-20(16(2)13-15)28-25-22(17-7-6-8-18(27)14-17)23-24(31-25)19-9-4-5-10-21(19)29(3)26(23)30/h4-14,28H,1-3H3. The first kappa shape index (κ1) is 19.1. The van der Waals surface area contributed by atoms with Crippen LogP contribution in [0.1, 0.15) is 11.1 Å². The number of hydrogen-bond donors (Lipinski definition) is 1. The summed E-state index contributed by atoms with van der Waals surface area (Å²) >= 11 is 0. The molecule has 1 N–H and O–H groups in total. The number of furan rings is 1. The second-order valence-electron chi connectivity index (χ2n) is 7.85. The summed E-state index contributed by atoms with van der Waals surface area (Å²) in [7, 11) is 1.74. The topological polar surface area (TPSA) is 47.2 Å². The number of para-hydroxylation sites is 1. The van der Waals surface area contributed by atoms with Crippen molar-refractivity contribution >= 4 is 33.4 Å². The Morgan fingerprint density at radius 3 is 2.55 bits per heavy atom. The molecule has 154 valence electrons. The Balaban J connectivity index is 1.88. The fraction of sp³-hybridized carbons (Fsp3) is 0.115. The minimum Gasteiger partial charge on any atom is -0.439 e. The SMILES string of the molecule is Cc1ccc(Nc2oc3c(c2-c2cccc(F)c2)c(=O)n(C)c2ccccc32)c(C)c1. The molecule has 0 aliphatic rings. The van der Waals surface area contributed by atoms with Crippen molar-refractivity contribution < 1.29 is 8.81 Å². The molecule has 0 aliphatic heterocycles. The number of fused-ring (bicyclic) bond motifs is 3. The van der Waals surface area contributed by atoms with Crippen LogP contribution in [0.15, 0.2) is 75.9 Å². The van der Waals surface area contributed by atoms with Gasteiger partial charge in [-0.3, -0.25) is 4.79 Å². The van der Waals surface area contributed by atoms with E-state index in [0.717, 1.165) is 27.7 Å². The van der Waals surface area contributed by atoms with E-state index in [-0.39, 0.29) is 11.4 Å². The first-order valence-electron chi connectivity index (χ1n) is 10.1. The Morgan fingerprint density at radius 2 is 1.77 bits per heavy atom. The molecule has 4 nitrogen and oxygen atoms in total. The van der Waals surface area contributed by atoms with Crippen molar-refractivity contribution in [2.75, 3.05) is 5.32 Å². The molecule has 0 fully saturated rings. The van der Waals surface area contributed by atoms with Gasteiger partial charge in [-0.2, -0.15) is 0 Å². The number of aryl methyl sites for hydroxylation is 3. The van der Waals surface area contributed by atoms with Gasteiger partial charge in [-0.25, -0.2) is 4.39 Å². The van der Waals surface area contributed by atoms with Crippen molar-refractivity contribution in [3.63, 3.8) is 0 Å². The van der Waals surface area contributed by atoms with E-state index >= 15 is 0 Å². The lowest BCUT2D eigenvalue weighted by Gasteiger charge is -2.10. The molecule has 0 amide bonds. The lowest BCUT2D eigenvalue weighted by atomic mass is 10.0. The van der Waals surface area contributed by atoms with Crippen LogP contribution in [0.4, 0.5) is 16.0 Å². The van der Waals surface area contributed by atoms with E-state index < -0.39 is 0 Å². The Labute approximate surface area is 178 Å². The fourth-order valence-corrected chi connectivity index (χ4v) is 4.14. The first-order valence-corrected chi connectivity index (χ1v) is 10.1. The molecular formula is C26H21FN2O2. The van der Waals surface area contributed by atoms with Crippen molar-refractivity contribution in [2.45, 2.75) is 13.8 Å². The summed E-state index contributed by atoms with van der Waals surface area (Å²) in [6, 6.07) is 19.9. The molecule has 0 atom stereocenters. The van der Waals surface area contributed by atoms with Crippen molar-refractivity contribution in [2.24, 2.45) is 7.05 Å². The average Bonchev–Trinajstić information content (AvgIpc) is 3.13. The van der Waals surface area contributed by atoms with E-state index in [2.05, 4.69) is 11.4 Å². The number of rotatable bonds is 3. The van der Waals surface area contributed by atoms with Gasteiger partial charge < -0.3 is 14.3 Å². The molecule has 5 heteroatoms. The summed E-state index contributed by atoms with van der Waals surface area (Å²) < 4.78 is 22.0. The van der Waals surface area contributed by atoms with Crippen molar-refractivity contribution in [3.8, 4) is 11.1 Å². The summed E-state index contributed by atoms with van der Waals surface area (Å²) in [5, 5.41) is 4.60. The summed E-state index contributed by atoms with van der Waals surface area (Å²) in [5.41, 5.74) is 5.28. The van der Waals surface area contributed by atoms with Gasteiger partial charge >= 0.3 is 0 Å². The lowest BCUT2D eigenvalue weighted by molar-refractivity contribution is 0.628. The molecule has 5 aromatic rings. The molecule has 0 spiro atoms. The Hall–Kier alpha value is -3.86. The van der Waals surface area contributed by atoms with Gasteiger partial charge in [-0.15, -0.1) is 0 Å². The lowest BCUT2D eigenvalue weighted by Crippen LogP contribution is -2.17. The molecule has 0 radical (unpaired) electrons. The Morgan fingerprint density at radius 1 is 0.968 bits per heavy atom. The first-order chi connectivity index (χ1) is 14.9. The monoisotopic (exact) mass is 412 g/mol. The minimum atomic E-state index is -0.373. The molecule has 0 saturated carbocycles. The van der Waals surface area contributed by atoms with Gasteiger partial charge in [0.25, 0.3) is 5.56 Å². The average molecular weight is 412 g/mol. The molecule has 2 aromatic heterocycles. The maximum absolute atomic E-state index is 14.1. The Kier molecular flexibility index (Phi) is 4.40. The highest BCUT2D eigenvalue weighted by molar-refractivity contribution is 6.11. The third-order valence-electron chi connectivity index (χ3n) is 5.68. The number of aromatic nitrogens is 1. The van der Waals surface area contributed by atoms with E-state index in [4.69, 9.17) is 4.42 Å². The summed E-state index contributed by atoms with van der Waals surface area (Å²) in [4.78, 5) is 13.4. The van der Waals surface area contributed by atoms with Gasteiger partial charge in [0.05, 0.1) is 16.5 Å². The van der Waals surface area contributed by atoms with Crippen molar-refractivity contribution in [1.29, 1.82) is 0 Å². The molecule has 31 heavy (non-hydrogen) atoms. The predicted molar refractivity (Wildman–Crippen MR) is 124 cm³/mol. The largest absolute Gasteiger partial charge is 0.439 e. The van der Waals surface area contributed by atoms with E-state index in [1.165, 1.54) is 12.1 Å². The fourth-order valence-electron chi connectivity index (χ4n) is 4.14. The van der Waals surface area contributed by atoms with Crippen LogP contribution in [0, 0.1) is 19.7 Å². The molecule has 0 unspecified atom stereocenters. The third kappa shape index (κ3) is 3.10. The van der Waals surface area contributed by atoms with Crippen LogP contribution in [-0.2, 0) is 7.05 Å². The number of nitrogens with one attached hydrogen (secondary N) is 1. The molecule has 0 saturated heterocycles. The number of pyridine rings is 1. The molecule has 0 bridgehead atoms. The zero-order chi connectivity index (χ0) is 21.7. The van der Waals surface area contributed by atoms with Crippen LogP contribution in [0.3, 0.4) is 0 Å². The quantitative estimate of drug-likeness (QED) is 0.370. The number of nitrogens with zero attached hydrogens (tertiary/aromatic N) is 1. The van der Waals surface area contributed by atoms with Gasteiger partial charge in [-0.1, -0.05) is 42.0 Å². The molecule has 3 aromatic carbocycles. The number of anilines is 2. The summed E-state index contributed by atoms with van der Waals surface area (Å²) in [6.45, 7) is 4.04. The second kappa shape index (κ2) is 7.13. The van der Waals surface area contributed by atoms with Crippen LogP contribution in [0.25, 0.3) is 33.0 Å². The van der Waals surface area contributed by atoms with Crippen LogP contribution in [0.5, 0.6) is 0 Å². The maximum atomic E-state index is 14.1. The van der Waals surface area contributed by atoms with Crippen LogP contribution in [-0.4, -0.2) is 4.57 Å². The summed E-state index contributed by atoms with van der Waals surface area (Å²) in [6.07, 6.45) is 0. The van der Waals surface area contributed by atoms with Crippen LogP contribution < -0.4 is 10.9 Å². The molecule has 5 rings (SSSR count). The minimum absolute atomic E-state index is 0.189. The highest BCUT2D eigenvalue weighted by atomic mass is 19.1. The van der Waals surface area contributed by atoms with Gasteiger partial charge in [0.1, 0.15) is 5.82 Å². The van der Waals surface area contributed by atoms with Gasteiger partial charge in [0.2, 0.25) is 5.88 Å². The van der Waals surface area contributed by atoms with Crippen molar-refractivity contribution in [3.05, 3.63) is 94.0 Å². The maximum Gasteiger partial charge on any atom is 0.262 e. The second-order valence-corrected chi connectivity index (χ2v) is 7.85. The normalized spacial score (nSPS) is 11.4. The smallest absolute Gasteiger partial charge is 0.262 e. The third-order valence-corrected chi connectivity index (χ3v) is 5.68. The predicted octanol–water partition coefficient (Wildman–Crippen LogP) is 6.45. The van der Waals surface area contributed by atoms with Crippen molar-refractivity contribution in [1.82, 2.24) is 4.57 Å². The highest BCUT2D eigenvalue weighted by Crippen LogP contribution is 2.41. The van der Waals surface area contributed by atoms with Crippen LogP contribution >= 0.6 is 0 Å². The van der Waals surface area contributed by atoms with Crippen LogP contribution in [0.2, 0.25) is 0 Å². The molecular weight excluding hydrogens is 391 g/mol. The molecule has 0 aliphatic carbocycles. The number of hydrogen-bond acceptors (Lipinski definition) is 3.